The van der Waals surface area contributed by atoms with Gasteiger partial charge in [-0.05, 0) is 67.3 Å². The molecule has 27 heavy (non-hydrogen) atoms. The molecule has 3 aliphatic heterocycles. The SMILES string of the molecule is c1cc2c(cc1CN1C[C@@H]3[C@H](COCCCN4CCCCC4)[C@@H]3C1)CCO2. The molecule has 148 valence electrons. The summed E-state index contributed by atoms with van der Waals surface area (Å²) in [5, 5.41) is 0. The second-order valence-corrected chi connectivity index (χ2v) is 9.06. The average Bonchev–Trinajstić information content (AvgIpc) is 3.05. The van der Waals surface area contributed by atoms with E-state index in [2.05, 4.69) is 28.0 Å². The lowest BCUT2D eigenvalue weighted by molar-refractivity contribution is 0.0967. The molecular formula is C23H34N2O2. The second kappa shape index (κ2) is 8.10. The Hall–Kier alpha value is -1.10. The summed E-state index contributed by atoms with van der Waals surface area (Å²) in [4.78, 5) is 5.25. The molecular weight excluding hydrogens is 336 g/mol. The van der Waals surface area contributed by atoms with E-state index in [4.69, 9.17) is 9.47 Å². The molecule has 5 rings (SSSR count). The Morgan fingerprint density at radius 2 is 1.89 bits per heavy atom. The van der Waals surface area contributed by atoms with Gasteiger partial charge in [0.05, 0.1) is 13.2 Å². The number of hydrogen-bond acceptors (Lipinski definition) is 4. The van der Waals surface area contributed by atoms with Gasteiger partial charge < -0.3 is 14.4 Å². The summed E-state index contributed by atoms with van der Waals surface area (Å²) in [7, 11) is 0. The molecule has 4 nitrogen and oxygen atoms in total. The van der Waals surface area contributed by atoms with Crippen molar-refractivity contribution in [3.05, 3.63) is 29.3 Å². The first kappa shape index (κ1) is 18.0. The van der Waals surface area contributed by atoms with E-state index in [0.29, 0.717) is 0 Å². The van der Waals surface area contributed by atoms with E-state index < -0.39 is 0 Å². The van der Waals surface area contributed by atoms with Gasteiger partial charge in [-0.3, -0.25) is 4.90 Å². The Morgan fingerprint density at radius 1 is 1.04 bits per heavy atom. The van der Waals surface area contributed by atoms with Gasteiger partial charge in [0.15, 0.2) is 0 Å². The summed E-state index contributed by atoms with van der Waals surface area (Å²) in [6.45, 7) is 10.3. The molecule has 1 saturated carbocycles. The first-order chi connectivity index (χ1) is 13.4. The molecule has 0 amide bonds. The van der Waals surface area contributed by atoms with E-state index in [1.807, 2.05) is 0 Å². The first-order valence-corrected chi connectivity index (χ1v) is 11.1. The highest BCUT2D eigenvalue weighted by Gasteiger charge is 2.55. The summed E-state index contributed by atoms with van der Waals surface area (Å²) in [6, 6.07) is 6.77. The van der Waals surface area contributed by atoms with Crippen LogP contribution in [0.1, 0.15) is 36.8 Å². The highest BCUT2D eigenvalue weighted by molar-refractivity contribution is 5.39. The average molecular weight is 371 g/mol. The molecule has 0 aromatic heterocycles. The van der Waals surface area contributed by atoms with Gasteiger partial charge in [0.1, 0.15) is 5.75 Å². The van der Waals surface area contributed by atoms with E-state index in [9.17, 15) is 0 Å². The lowest BCUT2D eigenvalue weighted by atomic mass is 10.1. The fourth-order valence-electron chi connectivity index (χ4n) is 5.50. The van der Waals surface area contributed by atoms with E-state index in [0.717, 1.165) is 56.3 Å². The fraction of sp³-hybridized carbons (Fsp3) is 0.739. The fourth-order valence-corrected chi connectivity index (χ4v) is 5.50. The van der Waals surface area contributed by atoms with Crippen molar-refractivity contribution in [3.8, 4) is 5.75 Å². The zero-order valence-corrected chi connectivity index (χ0v) is 16.6. The van der Waals surface area contributed by atoms with Crippen LogP contribution in [0.2, 0.25) is 0 Å². The van der Waals surface area contributed by atoms with Crippen LogP contribution >= 0.6 is 0 Å². The van der Waals surface area contributed by atoms with Crippen LogP contribution in [0.15, 0.2) is 18.2 Å². The Labute approximate surface area is 163 Å². The predicted molar refractivity (Wildman–Crippen MR) is 107 cm³/mol. The monoisotopic (exact) mass is 370 g/mol. The lowest BCUT2D eigenvalue weighted by Crippen LogP contribution is -2.31. The highest BCUT2D eigenvalue weighted by Crippen LogP contribution is 2.52. The van der Waals surface area contributed by atoms with Crippen molar-refractivity contribution < 1.29 is 9.47 Å². The van der Waals surface area contributed by atoms with Crippen molar-refractivity contribution in [2.24, 2.45) is 17.8 Å². The van der Waals surface area contributed by atoms with Crippen molar-refractivity contribution in [1.82, 2.24) is 9.80 Å². The molecule has 0 radical (unpaired) electrons. The molecule has 4 aliphatic rings. The summed E-state index contributed by atoms with van der Waals surface area (Å²) in [5.41, 5.74) is 2.85. The van der Waals surface area contributed by atoms with Gasteiger partial charge in [-0.1, -0.05) is 18.6 Å². The van der Waals surface area contributed by atoms with E-state index in [-0.39, 0.29) is 0 Å². The summed E-state index contributed by atoms with van der Waals surface area (Å²) in [6.07, 6.45) is 6.49. The zero-order chi connectivity index (χ0) is 18.1. The Morgan fingerprint density at radius 3 is 2.74 bits per heavy atom. The van der Waals surface area contributed by atoms with Gasteiger partial charge in [-0.25, -0.2) is 0 Å². The van der Waals surface area contributed by atoms with E-state index >= 15 is 0 Å². The number of ether oxygens (including phenoxy) is 2. The maximum atomic E-state index is 6.03. The van der Waals surface area contributed by atoms with Crippen molar-refractivity contribution in [2.45, 2.75) is 38.6 Å². The molecule has 0 spiro atoms. The van der Waals surface area contributed by atoms with Crippen LogP contribution in [0.25, 0.3) is 0 Å². The topological polar surface area (TPSA) is 24.9 Å². The quantitative estimate of drug-likeness (QED) is 0.656. The summed E-state index contributed by atoms with van der Waals surface area (Å²) in [5.74, 6) is 3.72. The molecule has 0 unspecified atom stereocenters. The lowest BCUT2D eigenvalue weighted by Gasteiger charge is -2.26. The molecule has 1 aromatic rings. The minimum Gasteiger partial charge on any atom is -0.493 e. The molecule has 3 atom stereocenters. The van der Waals surface area contributed by atoms with Gasteiger partial charge in [0.25, 0.3) is 0 Å². The molecule has 1 aromatic carbocycles. The third-order valence-corrected chi connectivity index (χ3v) is 7.13. The summed E-state index contributed by atoms with van der Waals surface area (Å²) < 4.78 is 11.7. The third kappa shape index (κ3) is 4.18. The smallest absolute Gasteiger partial charge is 0.122 e. The number of hydrogen-bond donors (Lipinski definition) is 0. The minimum atomic E-state index is 0.838. The predicted octanol–water partition coefficient (Wildman–Crippen LogP) is 3.19. The first-order valence-electron chi connectivity index (χ1n) is 11.1. The highest BCUT2D eigenvalue weighted by atomic mass is 16.5. The van der Waals surface area contributed by atoms with E-state index in [1.54, 1.807) is 0 Å². The number of nitrogens with zero attached hydrogens (tertiary/aromatic N) is 2. The maximum Gasteiger partial charge on any atom is 0.122 e. The van der Waals surface area contributed by atoms with Gasteiger partial charge in [0.2, 0.25) is 0 Å². The van der Waals surface area contributed by atoms with Gasteiger partial charge in [0, 0.05) is 39.2 Å². The number of likely N-dealkylation sites (tertiary alicyclic amines) is 2. The van der Waals surface area contributed by atoms with Crippen molar-refractivity contribution in [1.29, 1.82) is 0 Å². The van der Waals surface area contributed by atoms with Crippen LogP contribution in [0.3, 0.4) is 0 Å². The van der Waals surface area contributed by atoms with Crippen LogP contribution in [0.4, 0.5) is 0 Å². The largest absolute Gasteiger partial charge is 0.493 e. The maximum absolute atomic E-state index is 6.03. The van der Waals surface area contributed by atoms with Crippen LogP contribution in [-0.2, 0) is 17.7 Å². The van der Waals surface area contributed by atoms with Crippen LogP contribution < -0.4 is 4.74 Å². The van der Waals surface area contributed by atoms with Crippen LogP contribution in [-0.4, -0.2) is 62.3 Å². The molecule has 0 bridgehead atoms. The summed E-state index contributed by atoms with van der Waals surface area (Å²) >= 11 is 0. The molecule has 3 heterocycles. The standard InChI is InChI=1S/C23H34N2O2/c1-2-8-24(9-3-1)10-4-11-26-17-22-20-15-25(16-21(20)22)14-18-5-6-23-19(13-18)7-12-27-23/h5-6,13,20-22H,1-4,7-12,14-17H2/t20-,21+,22-. The third-order valence-electron chi connectivity index (χ3n) is 7.13. The number of fused-ring (bicyclic) bond motifs is 2. The number of piperidine rings is 2. The molecule has 0 N–H and O–H groups in total. The van der Waals surface area contributed by atoms with Crippen LogP contribution in [0, 0.1) is 17.8 Å². The van der Waals surface area contributed by atoms with E-state index in [1.165, 1.54) is 69.5 Å². The van der Waals surface area contributed by atoms with Crippen molar-refractivity contribution in [2.75, 3.05) is 52.5 Å². The number of rotatable bonds is 8. The van der Waals surface area contributed by atoms with Crippen molar-refractivity contribution >= 4 is 0 Å². The molecule has 1 aliphatic carbocycles. The minimum absolute atomic E-state index is 0.838. The van der Waals surface area contributed by atoms with Gasteiger partial charge >= 0.3 is 0 Å². The Balaban J connectivity index is 0.974. The zero-order valence-electron chi connectivity index (χ0n) is 16.6. The molecule has 4 heteroatoms. The van der Waals surface area contributed by atoms with Gasteiger partial charge in [-0.15, -0.1) is 0 Å². The van der Waals surface area contributed by atoms with Gasteiger partial charge in [-0.2, -0.15) is 0 Å². The van der Waals surface area contributed by atoms with Crippen molar-refractivity contribution in [3.63, 3.8) is 0 Å². The normalized spacial score (nSPS) is 30.1. The Kier molecular flexibility index (Phi) is 5.39. The van der Waals surface area contributed by atoms with Crippen LogP contribution in [0.5, 0.6) is 5.75 Å². The molecule has 2 saturated heterocycles. The number of benzene rings is 1. The second-order valence-electron chi connectivity index (χ2n) is 9.06. The molecule has 3 fully saturated rings. The Bertz CT molecular complexity index is 631.